The molecule has 0 spiro atoms. The Hall–Kier alpha value is -1.56. The van der Waals surface area contributed by atoms with Crippen molar-refractivity contribution in [2.45, 2.75) is 32.2 Å². The first-order chi connectivity index (χ1) is 8.69. The summed E-state index contributed by atoms with van der Waals surface area (Å²) in [7, 11) is 0. The van der Waals surface area contributed by atoms with Crippen LogP contribution in [0.25, 0.3) is 0 Å². The van der Waals surface area contributed by atoms with Crippen molar-refractivity contribution in [3.05, 3.63) is 6.07 Å². The maximum Gasteiger partial charge on any atom is 0.223 e. The molecule has 18 heavy (non-hydrogen) atoms. The van der Waals surface area contributed by atoms with E-state index in [4.69, 9.17) is 11.5 Å². The number of nitrogens with two attached hydrogens (primary N) is 2. The Labute approximate surface area is 108 Å². The first-order valence-corrected chi connectivity index (χ1v) is 6.58. The molecule has 0 aromatic carbocycles. The summed E-state index contributed by atoms with van der Waals surface area (Å²) in [5.74, 6) is 2.02. The maximum absolute atomic E-state index is 5.90. The highest BCUT2D eigenvalue weighted by molar-refractivity contribution is 5.52. The van der Waals surface area contributed by atoms with Gasteiger partial charge in [-0.05, 0) is 19.3 Å². The van der Waals surface area contributed by atoms with Crippen LogP contribution in [0.1, 0.15) is 26.2 Å². The van der Waals surface area contributed by atoms with E-state index in [2.05, 4.69) is 27.1 Å². The first kappa shape index (κ1) is 12.9. The molecule has 0 unspecified atom stereocenters. The summed E-state index contributed by atoms with van der Waals surface area (Å²) in [6, 6.07) is 2.28. The van der Waals surface area contributed by atoms with Crippen molar-refractivity contribution in [3.8, 4) is 0 Å². The number of rotatable bonds is 4. The minimum Gasteiger partial charge on any atom is -0.370 e. The van der Waals surface area contributed by atoms with Crippen LogP contribution < -0.4 is 21.7 Å². The second-order valence-corrected chi connectivity index (χ2v) is 4.72. The van der Waals surface area contributed by atoms with Crippen LogP contribution in [0.15, 0.2) is 6.07 Å². The molecule has 0 amide bonds. The number of hydrogen-bond acceptors (Lipinski definition) is 6. The van der Waals surface area contributed by atoms with E-state index in [1.807, 2.05) is 6.07 Å². The van der Waals surface area contributed by atoms with Crippen LogP contribution in [0, 0.1) is 0 Å². The zero-order valence-corrected chi connectivity index (χ0v) is 10.9. The highest BCUT2D eigenvalue weighted by Gasteiger charge is 2.18. The summed E-state index contributed by atoms with van der Waals surface area (Å²) in [5.41, 5.74) is 11.7. The Morgan fingerprint density at radius 3 is 2.78 bits per heavy atom. The summed E-state index contributed by atoms with van der Waals surface area (Å²) in [6.45, 7) is 4.88. The Morgan fingerprint density at radius 2 is 2.11 bits per heavy atom. The first-order valence-electron chi connectivity index (χ1n) is 6.58. The number of anilines is 3. The Balaban J connectivity index is 2.09. The topological polar surface area (TPSA) is 93.1 Å². The molecule has 6 heteroatoms. The van der Waals surface area contributed by atoms with Gasteiger partial charge in [-0.3, -0.25) is 0 Å². The van der Waals surface area contributed by atoms with Crippen LogP contribution in [0.2, 0.25) is 0 Å². The van der Waals surface area contributed by atoms with Gasteiger partial charge in [-0.25, -0.2) is 0 Å². The molecular weight excluding hydrogens is 228 g/mol. The largest absolute Gasteiger partial charge is 0.370 e. The van der Waals surface area contributed by atoms with Crippen molar-refractivity contribution in [2.75, 3.05) is 35.6 Å². The molecule has 2 rings (SSSR count). The van der Waals surface area contributed by atoms with Gasteiger partial charge in [-0.15, -0.1) is 0 Å². The molecule has 0 saturated carbocycles. The fourth-order valence-electron chi connectivity index (χ4n) is 2.09. The molecule has 5 N–H and O–H groups in total. The van der Waals surface area contributed by atoms with E-state index in [1.165, 1.54) is 0 Å². The molecule has 100 valence electrons. The van der Waals surface area contributed by atoms with Gasteiger partial charge in [-0.2, -0.15) is 9.97 Å². The zero-order valence-electron chi connectivity index (χ0n) is 10.9. The predicted molar refractivity (Wildman–Crippen MR) is 74.6 cm³/mol. The third-order valence-corrected chi connectivity index (χ3v) is 3.15. The third-order valence-electron chi connectivity index (χ3n) is 3.15. The van der Waals surface area contributed by atoms with Crippen molar-refractivity contribution >= 4 is 17.6 Å². The van der Waals surface area contributed by atoms with E-state index in [0.717, 1.165) is 50.5 Å². The van der Waals surface area contributed by atoms with Gasteiger partial charge in [0.2, 0.25) is 5.95 Å². The predicted octanol–water partition coefficient (Wildman–Crippen LogP) is 0.808. The number of nitrogen functional groups attached to an aromatic ring is 1. The quantitative estimate of drug-likeness (QED) is 0.732. The van der Waals surface area contributed by atoms with Gasteiger partial charge in [0.15, 0.2) is 0 Å². The van der Waals surface area contributed by atoms with Gasteiger partial charge in [-0.1, -0.05) is 6.92 Å². The number of hydrogen-bond donors (Lipinski definition) is 3. The van der Waals surface area contributed by atoms with Crippen LogP contribution in [0.3, 0.4) is 0 Å². The lowest BCUT2D eigenvalue weighted by molar-refractivity contribution is 0.498. The number of nitrogens with zero attached hydrogens (tertiary/aromatic N) is 3. The molecule has 2 heterocycles. The maximum atomic E-state index is 5.90. The van der Waals surface area contributed by atoms with Gasteiger partial charge in [0.25, 0.3) is 0 Å². The second-order valence-electron chi connectivity index (χ2n) is 4.72. The van der Waals surface area contributed by atoms with Gasteiger partial charge in [0, 0.05) is 31.7 Å². The zero-order chi connectivity index (χ0) is 13.0. The fourth-order valence-corrected chi connectivity index (χ4v) is 2.09. The minimum absolute atomic E-state index is 0.318. The van der Waals surface area contributed by atoms with E-state index in [9.17, 15) is 0 Å². The van der Waals surface area contributed by atoms with Crippen molar-refractivity contribution in [2.24, 2.45) is 5.73 Å². The molecule has 6 nitrogen and oxygen atoms in total. The molecule has 1 aliphatic rings. The lowest BCUT2D eigenvalue weighted by Crippen LogP contribution is -2.40. The van der Waals surface area contributed by atoms with Gasteiger partial charge >= 0.3 is 0 Å². The molecule has 1 aromatic heterocycles. The smallest absolute Gasteiger partial charge is 0.223 e. The number of aromatic nitrogens is 2. The Bertz CT molecular complexity index is 386. The van der Waals surface area contributed by atoms with Crippen molar-refractivity contribution in [3.63, 3.8) is 0 Å². The Kier molecular flexibility index (Phi) is 4.19. The van der Waals surface area contributed by atoms with E-state index in [-0.39, 0.29) is 0 Å². The van der Waals surface area contributed by atoms with Crippen LogP contribution in [-0.2, 0) is 0 Å². The molecule has 0 bridgehead atoms. The fraction of sp³-hybridized carbons (Fsp3) is 0.667. The Morgan fingerprint density at radius 1 is 1.39 bits per heavy atom. The average Bonchev–Trinajstić information content (AvgIpc) is 2.36. The molecular formula is C12H22N6. The highest BCUT2D eigenvalue weighted by Crippen LogP contribution is 2.20. The SMILES string of the molecule is CCCNc1cc(N2CCC(N)CC2)nc(N)n1. The highest BCUT2D eigenvalue weighted by atomic mass is 15.2. The molecule has 1 saturated heterocycles. The van der Waals surface area contributed by atoms with Gasteiger partial charge in [0.05, 0.1) is 0 Å². The normalized spacial score (nSPS) is 16.9. The van der Waals surface area contributed by atoms with Crippen molar-refractivity contribution < 1.29 is 0 Å². The number of nitrogens with one attached hydrogen (secondary N) is 1. The van der Waals surface area contributed by atoms with Gasteiger partial charge < -0.3 is 21.7 Å². The van der Waals surface area contributed by atoms with E-state index < -0.39 is 0 Å². The lowest BCUT2D eigenvalue weighted by Gasteiger charge is -2.31. The molecule has 0 aliphatic carbocycles. The van der Waals surface area contributed by atoms with E-state index in [1.54, 1.807) is 0 Å². The minimum atomic E-state index is 0.318. The molecule has 1 fully saturated rings. The number of piperidine rings is 1. The summed E-state index contributed by atoms with van der Waals surface area (Å²) in [6.07, 6.45) is 3.06. The summed E-state index contributed by atoms with van der Waals surface area (Å²) < 4.78 is 0. The summed E-state index contributed by atoms with van der Waals surface area (Å²) in [5, 5.41) is 3.24. The summed E-state index contributed by atoms with van der Waals surface area (Å²) >= 11 is 0. The standard InChI is InChI=1S/C12H22N6/c1-2-5-15-10-8-11(17-12(14)16-10)18-6-3-9(13)4-7-18/h8-9H,2-7,13H2,1H3,(H3,14,15,16,17). The van der Waals surface area contributed by atoms with Gasteiger partial charge in [0.1, 0.15) is 11.6 Å². The molecule has 1 aromatic rings. The average molecular weight is 250 g/mol. The van der Waals surface area contributed by atoms with E-state index in [0.29, 0.717) is 12.0 Å². The van der Waals surface area contributed by atoms with E-state index >= 15 is 0 Å². The summed E-state index contributed by atoms with van der Waals surface area (Å²) in [4.78, 5) is 10.7. The third kappa shape index (κ3) is 3.22. The second kappa shape index (κ2) is 5.86. The van der Waals surface area contributed by atoms with Crippen molar-refractivity contribution in [1.29, 1.82) is 0 Å². The monoisotopic (exact) mass is 250 g/mol. The van der Waals surface area contributed by atoms with Crippen LogP contribution in [0.5, 0.6) is 0 Å². The van der Waals surface area contributed by atoms with Crippen molar-refractivity contribution in [1.82, 2.24) is 9.97 Å². The van der Waals surface area contributed by atoms with Crippen LogP contribution >= 0.6 is 0 Å². The van der Waals surface area contributed by atoms with Crippen LogP contribution in [-0.4, -0.2) is 35.6 Å². The van der Waals surface area contributed by atoms with Crippen LogP contribution in [0.4, 0.5) is 17.6 Å². The molecule has 0 radical (unpaired) electrons. The molecule has 1 aliphatic heterocycles. The lowest BCUT2D eigenvalue weighted by atomic mass is 10.1. The molecule has 0 atom stereocenters.